The average molecular weight is 389 g/mol. The number of hydrogen-bond donors (Lipinski definition) is 0. The molecule has 28 heavy (non-hydrogen) atoms. The van der Waals surface area contributed by atoms with Crippen LogP contribution in [0.25, 0.3) is 0 Å². The molecule has 0 heterocycles. The summed E-state index contributed by atoms with van der Waals surface area (Å²) in [5, 5.41) is 0. The fourth-order valence-electron chi connectivity index (χ4n) is 4.44. The number of benzene rings is 2. The molecule has 6 rings (SSSR count). The summed E-state index contributed by atoms with van der Waals surface area (Å²) >= 11 is 0. The molecule has 0 aliphatic heterocycles. The molecule has 2 aromatic carbocycles. The van der Waals surface area contributed by atoms with Gasteiger partial charge < -0.3 is 0 Å². The lowest BCUT2D eigenvalue weighted by molar-refractivity contribution is -0.139. The number of alkyl halides is 3. The smallest absolute Gasteiger partial charge is 0.166 e. The van der Waals surface area contributed by atoms with E-state index in [-0.39, 0.29) is 5.41 Å². The molecule has 0 amide bonds. The average Bonchev–Trinajstić information content (AvgIpc) is 2.59. The van der Waals surface area contributed by atoms with Crippen LogP contribution in [0.2, 0.25) is 0 Å². The molecule has 0 nitrogen and oxygen atoms in total. The van der Waals surface area contributed by atoms with Gasteiger partial charge >= 0.3 is 6.18 Å². The van der Waals surface area contributed by atoms with Crippen LogP contribution in [0, 0.1) is 0 Å². The zero-order valence-corrected chi connectivity index (χ0v) is 18.2. The maximum absolute atomic E-state index is 14.2. The molecule has 0 atom stereocenters. The summed E-state index contributed by atoms with van der Waals surface area (Å²) in [6.45, 7) is 16.2. The molecule has 152 valence electrons. The van der Waals surface area contributed by atoms with Gasteiger partial charge in [-0.25, -0.2) is 0 Å². The Kier molecular flexibility index (Phi) is 4.39. The van der Waals surface area contributed by atoms with Crippen LogP contribution in [0.3, 0.4) is 0 Å². The van der Waals surface area contributed by atoms with Crippen LogP contribution in [-0.2, 0) is 27.8 Å². The van der Waals surface area contributed by atoms with Gasteiger partial charge in [0.15, 0.2) is 0 Å². The minimum absolute atomic E-state index is 0.339. The Bertz CT molecular complexity index is 894. The van der Waals surface area contributed by atoms with Crippen molar-refractivity contribution in [1.82, 2.24) is 0 Å². The first-order chi connectivity index (χ1) is 12.5. The van der Waals surface area contributed by atoms with Gasteiger partial charge in [0.25, 0.3) is 0 Å². The molecule has 3 heteroatoms. The van der Waals surface area contributed by atoms with E-state index in [1.807, 2.05) is 47.6 Å². The second-order valence-electron chi connectivity index (χ2n) is 10.3. The number of hydrogen-bond acceptors (Lipinski definition) is 0. The van der Waals surface area contributed by atoms with E-state index in [0.717, 1.165) is 11.1 Å². The van der Waals surface area contributed by atoms with E-state index in [4.69, 9.17) is 0 Å². The lowest BCUT2D eigenvalue weighted by atomic mass is 9.57. The summed E-state index contributed by atoms with van der Waals surface area (Å²) in [5.41, 5.74) is 0.727. The SMILES string of the molecule is CC1(C)c2ccc(cc2)C(C)(C)C(C)(C)c2ccc(cc2C(F)(F)F)C1(C)C. The lowest BCUT2D eigenvalue weighted by Gasteiger charge is -2.47. The van der Waals surface area contributed by atoms with Crippen molar-refractivity contribution in [2.24, 2.45) is 0 Å². The Labute approximate surface area is 167 Å². The van der Waals surface area contributed by atoms with Crippen molar-refractivity contribution < 1.29 is 13.2 Å². The van der Waals surface area contributed by atoms with Crippen molar-refractivity contribution in [3.05, 3.63) is 70.3 Å². The van der Waals surface area contributed by atoms with E-state index in [0.29, 0.717) is 11.1 Å². The van der Waals surface area contributed by atoms with Gasteiger partial charge in [-0.2, -0.15) is 13.2 Å². The second-order valence-corrected chi connectivity index (χ2v) is 10.3. The van der Waals surface area contributed by atoms with Crippen molar-refractivity contribution in [1.29, 1.82) is 0 Å². The first-order valence-corrected chi connectivity index (χ1v) is 9.88. The van der Waals surface area contributed by atoms with E-state index in [9.17, 15) is 13.2 Å². The van der Waals surface area contributed by atoms with Crippen LogP contribution < -0.4 is 0 Å². The van der Waals surface area contributed by atoms with Crippen LogP contribution in [0.1, 0.15) is 83.2 Å². The first kappa shape index (κ1) is 21.0. The molecule has 0 saturated carbocycles. The van der Waals surface area contributed by atoms with Crippen LogP contribution >= 0.6 is 0 Å². The van der Waals surface area contributed by atoms with E-state index in [1.54, 1.807) is 6.07 Å². The van der Waals surface area contributed by atoms with Crippen molar-refractivity contribution in [3.63, 3.8) is 0 Å². The molecule has 0 N–H and O–H groups in total. The first-order valence-electron chi connectivity index (χ1n) is 9.88. The van der Waals surface area contributed by atoms with E-state index in [1.165, 1.54) is 6.07 Å². The standard InChI is InChI=1S/C25H31F3/c1-21(2)16-9-11-17(12-10-16)22(3,4)24(7,8)19-14-13-18(23(21,5)6)15-20(19)25(26,27)28/h9-15H,1-8H3. The highest BCUT2D eigenvalue weighted by Gasteiger charge is 2.48. The molecule has 0 unspecified atom stereocenters. The van der Waals surface area contributed by atoms with Gasteiger partial charge in [-0.1, -0.05) is 91.8 Å². The molecular weight excluding hydrogens is 357 g/mol. The van der Waals surface area contributed by atoms with Crippen molar-refractivity contribution in [2.75, 3.05) is 0 Å². The zero-order valence-electron chi connectivity index (χ0n) is 18.2. The normalized spacial score (nSPS) is 21.8. The molecule has 0 saturated heterocycles. The Morgan fingerprint density at radius 1 is 0.536 bits per heavy atom. The van der Waals surface area contributed by atoms with E-state index in [2.05, 4.69) is 38.1 Å². The van der Waals surface area contributed by atoms with Gasteiger partial charge in [0.1, 0.15) is 0 Å². The molecule has 0 aromatic heterocycles. The minimum atomic E-state index is -4.40. The highest BCUT2D eigenvalue weighted by molar-refractivity contribution is 5.49. The predicted molar refractivity (Wildman–Crippen MR) is 110 cm³/mol. The maximum Gasteiger partial charge on any atom is 0.416 e. The quantitative estimate of drug-likeness (QED) is 0.437. The molecule has 4 aliphatic carbocycles. The summed E-state index contributed by atoms with van der Waals surface area (Å²) in [5.74, 6) is 0. The zero-order chi connectivity index (χ0) is 21.3. The largest absolute Gasteiger partial charge is 0.416 e. The van der Waals surface area contributed by atoms with Gasteiger partial charge in [-0.3, -0.25) is 0 Å². The summed E-state index contributed by atoms with van der Waals surface area (Å²) < 4.78 is 42.5. The Balaban J connectivity index is 2.47. The van der Waals surface area contributed by atoms with Crippen LogP contribution in [-0.4, -0.2) is 0 Å². The van der Waals surface area contributed by atoms with Gasteiger partial charge in [0.2, 0.25) is 0 Å². The van der Waals surface area contributed by atoms with Gasteiger partial charge in [-0.05, 0) is 50.0 Å². The summed E-state index contributed by atoms with van der Waals surface area (Å²) in [7, 11) is 0. The summed E-state index contributed by atoms with van der Waals surface area (Å²) in [4.78, 5) is 0. The fraction of sp³-hybridized carbons (Fsp3) is 0.520. The van der Waals surface area contributed by atoms with E-state index >= 15 is 0 Å². The molecule has 4 aliphatic rings. The minimum Gasteiger partial charge on any atom is -0.166 e. The molecule has 0 spiro atoms. The Hall–Kier alpha value is -1.77. The lowest BCUT2D eigenvalue weighted by Crippen LogP contribution is -2.44. The van der Waals surface area contributed by atoms with E-state index < -0.39 is 28.0 Å². The molecular formula is C25H31F3. The summed E-state index contributed by atoms with van der Waals surface area (Å²) in [6, 6.07) is 13.5. The third-order valence-electron chi connectivity index (χ3n) is 8.17. The summed E-state index contributed by atoms with van der Waals surface area (Å²) in [6.07, 6.45) is -4.40. The highest BCUT2D eigenvalue weighted by Crippen LogP contribution is 2.51. The van der Waals surface area contributed by atoms with Crippen molar-refractivity contribution in [2.45, 2.75) is 83.2 Å². The van der Waals surface area contributed by atoms with Gasteiger partial charge in [0.05, 0.1) is 5.56 Å². The highest BCUT2D eigenvalue weighted by atomic mass is 19.4. The Morgan fingerprint density at radius 2 is 0.893 bits per heavy atom. The second kappa shape index (κ2) is 5.87. The molecule has 0 radical (unpaired) electrons. The van der Waals surface area contributed by atoms with Gasteiger partial charge in [0, 0.05) is 0 Å². The van der Waals surface area contributed by atoms with Crippen LogP contribution in [0.4, 0.5) is 13.2 Å². The monoisotopic (exact) mass is 388 g/mol. The predicted octanol–water partition coefficient (Wildman–Crippen LogP) is 7.53. The third kappa shape index (κ3) is 2.73. The molecule has 4 bridgehead atoms. The number of rotatable bonds is 0. The Morgan fingerprint density at radius 3 is 1.32 bits per heavy atom. The number of halogens is 3. The molecule has 2 aromatic rings. The molecule has 0 fully saturated rings. The van der Waals surface area contributed by atoms with Crippen molar-refractivity contribution in [3.8, 4) is 0 Å². The van der Waals surface area contributed by atoms with Crippen LogP contribution in [0.5, 0.6) is 0 Å². The third-order valence-corrected chi connectivity index (χ3v) is 8.17. The van der Waals surface area contributed by atoms with Crippen LogP contribution in [0.15, 0.2) is 42.5 Å². The fourth-order valence-corrected chi connectivity index (χ4v) is 4.44. The van der Waals surface area contributed by atoms with Crippen molar-refractivity contribution >= 4 is 0 Å². The maximum atomic E-state index is 14.2. The van der Waals surface area contributed by atoms with Gasteiger partial charge in [-0.15, -0.1) is 0 Å². The topological polar surface area (TPSA) is 0 Å².